The van der Waals surface area contributed by atoms with E-state index in [1.165, 1.54) is 27.8 Å². The third-order valence-corrected chi connectivity index (χ3v) is 12.2. The molecule has 0 N–H and O–H groups in total. The number of nitrogens with zero attached hydrogens (tertiary/aromatic N) is 5. The molecule has 0 heterocycles. The van der Waals surface area contributed by atoms with Crippen LogP contribution in [0.1, 0.15) is 18.1 Å². The second-order valence-electron chi connectivity index (χ2n) is 15.9. The minimum Gasteiger partial charge on any atom is -0.311 e. The molecule has 0 saturated heterocycles. The van der Waals surface area contributed by atoms with Crippen LogP contribution in [0.4, 0.5) is 34.1 Å². The zero-order chi connectivity index (χ0) is 41.9. The van der Waals surface area contributed by atoms with E-state index < -0.39 is 5.41 Å². The van der Waals surface area contributed by atoms with Gasteiger partial charge in [0.25, 0.3) is 0 Å². The van der Waals surface area contributed by atoms with Crippen molar-refractivity contribution >= 4 is 34.1 Å². The molecule has 5 nitrogen and oxygen atoms in total. The second kappa shape index (κ2) is 16.5. The van der Waals surface area contributed by atoms with Crippen LogP contribution in [0, 0.1) is 0 Å². The van der Waals surface area contributed by atoms with Gasteiger partial charge in [-0.05, 0) is 122 Å². The van der Waals surface area contributed by atoms with E-state index >= 15 is 0 Å². The van der Waals surface area contributed by atoms with Crippen molar-refractivity contribution in [3.05, 3.63) is 252 Å². The van der Waals surface area contributed by atoms with Crippen molar-refractivity contribution in [1.82, 2.24) is 0 Å². The van der Waals surface area contributed by atoms with Crippen molar-refractivity contribution in [2.75, 3.05) is 16.3 Å². The largest absolute Gasteiger partial charge is 0.311 e. The van der Waals surface area contributed by atoms with E-state index in [0.29, 0.717) is 6.54 Å². The van der Waals surface area contributed by atoms with Gasteiger partial charge in [0, 0.05) is 50.9 Å². The summed E-state index contributed by atoms with van der Waals surface area (Å²) in [4.78, 5) is 7.81. The average molecular weight is 798 g/mol. The Morgan fingerprint density at radius 1 is 0.387 bits per heavy atom. The molecule has 1 atom stereocenters. The van der Waals surface area contributed by atoms with Gasteiger partial charge in [0.1, 0.15) is 0 Å². The molecule has 62 heavy (non-hydrogen) atoms. The van der Waals surface area contributed by atoms with Crippen LogP contribution in [0.15, 0.2) is 236 Å². The molecular formula is C57H43N5. The molecule has 0 spiro atoms. The summed E-state index contributed by atoms with van der Waals surface area (Å²) in [6.45, 7) is 2.53. The molecule has 296 valence electrons. The normalized spacial score (nSPS) is 13.7. The number of benzene rings is 9. The number of anilines is 6. The third kappa shape index (κ3) is 7.07. The predicted molar refractivity (Wildman–Crippen MR) is 258 cm³/mol. The quantitative estimate of drug-likeness (QED) is 0.0743. The van der Waals surface area contributed by atoms with Crippen molar-refractivity contribution in [3.8, 4) is 44.5 Å². The Bertz CT molecular complexity index is 3030. The Morgan fingerprint density at radius 3 is 1.40 bits per heavy atom. The van der Waals surface area contributed by atoms with E-state index in [1.54, 1.807) is 0 Å². The van der Waals surface area contributed by atoms with Crippen LogP contribution in [0.2, 0.25) is 0 Å². The first kappa shape index (κ1) is 38.1. The third-order valence-electron chi connectivity index (χ3n) is 12.2. The standard InChI is InChI=1S/C57H43N5/c1-57(40-59-60-58)54-23-13-11-22-52(54)53-38-37-50(39-55(53)57)62(47-19-9-4-10-20-47)56-24-14-12-21-51(56)45-27-25-42(26-28-45)44-31-35-49(36-32-44)61(46-17-7-3-8-18-46)48-33-29-43(30-34-48)41-15-5-2-6-16-41/h2-39H,40H2,1H3. The minimum absolute atomic E-state index is 0.336. The fourth-order valence-electron chi connectivity index (χ4n) is 9.07. The highest BCUT2D eigenvalue weighted by Gasteiger charge is 2.39. The maximum absolute atomic E-state index is 9.39. The van der Waals surface area contributed by atoms with Crippen molar-refractivity contribution in [2.45, 2.75) is 12.3 Å². The summed E-state index contributed by atoms with van der Waals surface area (Å²) in [7, 11) is 0. The molecule has 0 amide bonds. The first-order chi connectivity index (χ1) is 30.6. The lowest BCUT2D eigenvalue weighted by Crippen LogP contribution is -2.24. The molecule has 9 aromatic rings. The van der Waals surface area contributed by atoms with Crippen LogP contribution in [0.3, 0.4) is 0 Å². The lowest BCUT2D eigenvalue weighted by Gasteiger charge is -2.30. The van der Waals surface area contributed by atoms with Crippen LogP contribution >= 0.6 is 0 Å². The fourth-order valence-corrected chi connectivity index (χ4v) is 9.07. The Kier molecular flexibility index (Phi) is 10.1. The van der Waals surface area contributed by atoms with Crippen molar-refractivity contribution in [3.63, 3.8) is 0 Å². The highest BCUT2D eigenvalue weighted by atomic mass is 15.2. The smallest absolute Gasteiger partial charge is 0.0540 e. The Labute approximate surface area is 363 Å². The lowest BCUT2D eigenvalue weighted by molar-refractivity contribution is 0.598. The van der Waals surface area contributed by atoms with E-state index in [4.69, 9.17) is 0 Å². The maximum Gasteiger partial charge on any atom is 0.0540 e. The molecule has 10 rings (SSSR count). The van der Waals surface area contributed by atoms with Crippen molar-refractivity contribution in [2.24, 2.45) is 5.11 Å². The lowest BCUT2D eigenvalue weighted by atomic mass is 9.80. The van der Waals surface area contributed by atoms with Crippen LogP contribution in [-0.4, -0.2) is 6.54 Å². The first-order valence-corrected chi connectivity index (χ1v) is 21.0. The van der Waals surface area contributed by atoms with Gasteiger partial charge in [-0.15, -0.1) is 0 Å². The molecule has 1 aliphatic carbocycles. The summed E-state index contributed by atoms with van der Waals surface area (Å²) in [5.74, 6) is 0. The number of fused-ring (bicyclic) bond motifs is 3. The van der Waals surface area contributed by atoms with E-state index in [2.05, 4.69) is 257 Å². The Balaban J connectivity index is 0.977. The Hall–Kier alpha value is -8.11. The zero-order valence-electron chi connectivity index (χ0n) is 34.4. The molecule has 0 aliphatic heterocycles. The Morgan fingerprint density at radius 2 is 0.806 bits per heavy atom. The van der Waals surface area contributed by atoms with Crippen LogP contribution in [0.5, 0.6) is 0 Å². The van der Waals surface area contributed by atoms with Gasteiger partial charge in [-0.3, -0.25) is 0 Å². The monoisotopic (exact) mass is 797 g/mol. The van der Waals surface area contributed by atoms with Crippen LogP contribution < -0.4 is 9.80 Å². The van der Waals surface area contributed by atoms with Gasteiger partial charge in [0.15, 0.2) is 0 Å². The highest BCUT2D eigenvalue weighted by Crippen LogP contribution is 2.51. The predicted octanol–water partition coefficient (Wildman–Crippen LogP) is 16.2. The molecule has 0 radical (unpaired) electrons. The number of hydrogen-bond acceptors (Lipinski definition) is 3. The van der Waals surface area contributed by atoms with Gasteiger partial charge in [0.2, 0.25) is 0 Å². The first-order valence-electron chi connectivity index (χ1n) is 21.0. The number of hydrogen-bond donors (Lipinski definition) is 0. The van der Waals surface area contributed by atoms with Gasteiger partial charge in [0.05, 0.1) is 5.69 Å². The maximum atomic E-state index is 9.39. The molecule has 1 aliphatic rings. The van der Waals surface area contributed by atoms with Gasteiger partial charge < -0.3 is 9.80 Å². The molecule has 0 saturated carbocycles. The molecule has 0 fully saturated rings. The van der Waals surface area contributed by atoms with Gasteiger partial charge in [-0.1, -0.05) is 176 Å². The molecule has 0 bridgehead atoms. The molecule has 9 aromatic carbocycles. The molecular weight excluding hydrogens is 755 g/mol. The summed E-state index contributed by atoms with van der Waals surface area (Å²) in [5, 5.41) is 4.11. The van der Waals surface area contributed by atoms with Crippen LogP contribution in [-0.2, 0) is 5.41 Å². The summed E-state index contributed by atoms with van der Waals surface area (Å²) in [6, 6.07) is 81.9. The van der Waals surface area contributed by atoms with Crippen molar-refractivity contribution in [1.29, 1.82) is 0 Å². The number of rotatable bonds is 11. The number of para-hydroxylation sites is 3. The summed E-state index contributed by atoms with van der Waals surface area (Å²) < 4.78 is 0. The molecule has 0 aromatic heterocycles. The van der Waals surface area contributed by atoms with Crippen molar-refractivity contribution < 1.29 is 0 Å². The SMILES string of the molecule is CC1(CN=[N+]=[N-])c2ccccc2-c2ccc(N(c3ccccc3)c3ccccc3-c3ccc(-c4ccc(N(c5ccccc5)c5ccc(-c6ccccc6)cc5)cc4)cc3)cc21. The summed E-state index contributed by atoms with van der Waals surface area (Å²) in [5.41, 5.74) is 27.0. The highest BCUT2D eigenvalue weighted by molar-refractivity contribution is 5.91. The molecule has 1 unspecified atom stereocenters. The summed E-state index contributed by atoms with van der Waals surface area (Å²) in [6.07, 6.45) is 0. The van der Waals surface area contributed by atoms with E-state index in [-0.39, 0.29) is 0 Å². The van der Waals surface area contributed by atoms with Crippen LogP contribution in [0.25, 0.3) is 55.0 Å². The topological polar surface area (TPSA) is 55.2 Å². The number of azide groups is 1. The zero-order valence-corrected chi connectivity index (χ0v) is 34.4. The fraction of sp³-hybridized carbons (Fsp3) is 0.0526. The van der Waals surface area contributed by atoms with E-state index in [9.17, 15) is 5.53 Å². The van der Waals surface area contributed by atoms with E-state index in [1.807, 2.05) is 0 Å². The minimum atomic E-state index is -0.460. The second-order valence-corrected chi connectivity index (χ2v) is 15.9. The van der Waals surface area contributed by atoms with Gasteiger partial charge in [-0.2, -0.15) is 0 Å². The summed E-state index contributed by atoms with van der Waals surface area (Å²) >= 11 is 0. The van der Waals surface area contributed by atoms with Gasteiger partial charge >= 0.3 is 0 Å². The van der Waals surface area contributed by atoms with Gasteiger partial charge in [-0.25, -0.2) is 0 Å². The molecule has 5 heteroatoms. The average Bonchev–Trinajstić information content (AvgIpc) is 3.59. The van der Waals surface area contributed by atoms with E-state index in [0.717, 1.165) is 61.9 Å².